The van der Waals surface area contributed by atoms with Crippen molar-refractivity contribution in [3.8, 4) is 0 Å². The average molecular weight is 442 g/mol. The van der Waals surface area contributed by atoms with Crippen LogP contribution in [0.2, 0.25) is 0 Å². The highest BCUT2D eigenvalue weighted by atomic mass is 127. The minimum atomic E-state index is 0. The van der Waals surface area contributed by atoms with Gasteiger partial charge >= 0.3 is 0 Å². The van der Waals surface area contributed by atoms with E-state index in [1.807, 2.05) is 0 Å². The Bertz CT molecular complexity index is 363. The summed E-state index contributed by atoms with van der Waals surface area (Å²) in [6.07, 6.45) is 0.470. The lowest BCUT2D eigenvalue weighted by Crippen LogP contribution is -2.49. The first-order valence-electron chi connectivity index (χ1n) is 7.80. The molecule has 0 aromatic carbocycles. The van der Waals surface area contributed by atoms with Gasteiger partial charge < -0.3 is 15.1 Å². The van der Waals surface area contributed by atoms with E-state index in [9.17, 15) is 4.79 Å². The molecule has 0 aromatic heterocycles. The highest BCUT2D eigenvalue weighted by molar-refractivity contribution is 14.0. The van der Waals surface area contributed by atoms with Gasteiger partial charge in [0.2, 0.25) is 5.91 Å². The summed E-state index contributed by atoms with van der Waals surface area (Å²) in [5.41, 5.74) is 0. The molecule has 1 aliphatic heterocycles. The maximum absolute atomic E-state index is 11.6. The smallest absolute Gasteiger partial charge is 0.223 e. The number of thioether (sulfide) groups is 1. The Morgan fingerprint density at radius 1 is 1.45 bits per heavy atom. The van der Waals surface area contributed by atoms with Gasteiger partial charge in [0.05, 0.1) is 6.54 Å². The zero-order chi connectivity index (χ0) is 15.8. The molecule has 0 bridgehead atoms. The van der Waals surface area contributed by atoms with Gasteiger partial charge in [0.25, 0.3) is 0 Å². The molecule has 0 aliphatic carbocycles. The summed E-state index contributed by atoms with van der Waals surface area (Å²) in [6.45, 7) is 10.1. The molecule has 1 atom stereocenters. The second-order valence-corrected chi connectivity index (χ2v) is 7.22. The summed E-state index contributed by atoms with van der Waals surface area (Å²) in [4.78, 5) is 20.2. The first kappa shape index (κ1) is 21.8. The Kier molecular flexibility index (Phi) is 11.3. The topological polar surface area (TPSA) is 47.9 Å². The lowest BCUT2D eigenvalue weighted by Gasteiger charge is -2.36. The third-order valence-electron chi connectivity index (χ3n) is 3.56. The number of carbonyl (C=O) groups is 1. The Morgan fingerprint density at radius 3 is 2.68 bits per heavy atom. The number of aliphatic imine (C=N–C) groups is 1. The molecule has 0 spiro atoms. The number of amides is 1. The maximum Gasteiger partial charge on any atom is 0.223 e. The van der Waals surface area contributed by atoms with Gasteiger partial charge in [-0.1, -0.05) is 13.8 Å². The van der Waals surface area contributed by atoms with Crippen LogP contribution in [0.25, 0.3) is 0 Å². The normalized spacial score (nSPS) is 18.9. The third kappa shape index (κ3) is 7.39. The van der Waals surface area contributed by atoms with Crippen LogP contribution in [0.5, 0.6) is 0 Å². The minimum absolute atomic E-state index is 0. The zero-order valence-corrected chi connectivity index (χ0v) is 17.6. The van der Waals surface area contributed by atoms with Crippen molar-refractivity contribution in [2.24, 2.45) is 10.9 Å². The number of rotatable bonds is 5. The predicted octanol–water partition coefficient (Wildman–Crippen LogP) is 2.12. The summed E-state index contributed by atoms with van der Waals surface area (Å²) in [7, 11) is 3.57. The molecule has 0 radical (unpaired) electrons. The number of guanidine groups is 1. The molecular weight excluding hydrogens is 411 g/mol. The van der Waals surface area contributed by atoms with Crippen molar-refractivity contribution in [3.05, 3.63) is 0 Å². The van der Waals surface area contributed by atoms with Gasteiger partial charge in [-0.3, -0.25) is 9.79 Å². The summed E-state index contributed by atoms with van der Waals surface area (Å²) < 4.78 is 0. The van der Waals surface area contributed by atoms with Crippen LogP contribution >= 0.6 is 35.7 Å². The molecular formula is C15H31IN4OS. The molecule has 1 amide bonds. The van der Waals surface area contributed by atoms with Crippen LogP contribution in [-0.4, -0.2) is 72.9 Å². The number of halogens is 1. The molecule has 0 saturated carbocycles. The summed E-state index contributed by atoms with van der Waals surface area (Å²) >= 11 is 2.06. The first-order valence-corrected chi connectivity index (χ1v) is 8.85. The van der Waals surface area contributed by atoms with Crippen LogP contribution in [-0.2, 0) is 4.79 Å². The predicted molar refractivity (Wildman–Crippen MR) is 107 cm³/mol. The van der Waals surface area contributed by atoms with Gasteiger partial charge in [-0.25, -0.2) is 0 Å². The molecule has 1 saturated heterocycles. The average Bonchev–Trinajstić information content (AvgIpc) is 2.46. The highest BCUT2D eigenvalue weighted by Crippen LogP contribution is 2.24. The van der Waals surface area contributed by atoms with Crippen molar-refractivity contribution in [2.45, 2.75) is 32.4 Å². The molecule has 22 heavy (non-hydrogen) atoms. The van der Waals surface area contributed by atoms with Gasteiger partial charge in [0, 0.05) is 51.2 Å². The van der Waals surface area contributed by atoms with Gasteiger partial charge in [0.1, 0.15) is 0 Å². The van der Waals surface area contributed by atoms with E-state index in [0.717, 1.165) is 31.3 Å². The minimum Gasteiger partial charge on any atom is -0.357 e. The van der Waals surface area contributed by atoms with Crippen molar-refractivity contribution in [3.63, 3.8) is 0 Å². The molecule has 7 heteroatoms. The first-order chi connectivity index (χ1) is 9.95. The standard InChI is InChI=1S/C15H30N4OS.HI/c1-6-16-15(17-8-7-14(20)18(4)5)19-9-10-21-13(11-19)12(2)3;/h12-13H,6-11H2,1-5H3,(H,16,17);1H. The van der Waals surface area contributed by atoms with Crippen LogP contribution < -0.4 is 5.32 Å². The Balaban J connectivity index is 0.00000441. The Hall–Kier alpha value is -0.180. The van der Waals surface area contributed by atoms with Gasteiger partial charge in [-0.2, -0.15) is 11.8 Å². The van der Waals surface area contributed by atoms with Crippen molar-refractivity contribution >= 4 is 47.6 Å². The molecule has 0 aromatic rings. The van der Waals surface area contributed by atoms with E-state index in [-0.39, 0.29) is 29.9 Å². The molecule has 1 fully saturated rings. The molecule has 5 nitrogen and oxygen atoms in total. The van der Waals surface area contributed by atoms with E-state index < -0.39 is 0 Å². The SMILES string of the molecule is CCNC(=NCCC(=O)N(C)C)N1CCSC(C(C)C)C1.I. The molecule has 1 unspecified atom stereocenters. The fraction of sp³-hybridized carbons (Fsp3) is 0.867. The number of hydrogen-bond acceptors (Lipinski definition) is 3. The third-order valence-corrected chi connectivity index (χ3v) is 5.10. The fourth-order valence-electron chi connectivity index (χ4n) is 2.18. The quantitative estimate of drug-likeness (QED) is 0.403. The summed E-state index contributed by atoms with van der Waals surface area (Å²) in [6, 6.07) is 0. The molecule has 1 aliphatic rings. The van der Waals surface area contributed by atoms with Crippen LogP contribution in [0, 0.1) is 5.92 Å². The lowest BCUT2D eigenvalue weighted by molar-refractivity contribution is -0.128. The van der Waals surface area contributed by atoms with Crippen LogP contribution in [0.15, 0.2) is 4.99 Å². The largest absolute Gasteiger partial charge is 0.357 e. The highest BCUT2D eigenvalue weighted by Gasteiger charge is 2.24. The molecule has 1 N–H and O–H groups in total. The van der Waals surface area contributed by atoms with Crippen molar-refractivity contribution < 1.29 is 4.79 Å². The number of carbonyl (C=O) groups excluding carboxylic acids is 1. The number of nitrogens with zero attached hydrogens (tertiary/aromatic N) is 3. The van der Waals surface area contributed by atoms with E-state index in [2.05, 4.69) is 47.7 Å². The molecule has 1 heterocycles. The van der Waals surface area contributed by atoms with Crippen LogP contribution in [0.1, 0.15) is 27.2 Å². The lowest BCUT2D eigenvalue weighted by atomic mass is 10.1. The van der Waals surface area contributed by atoms with E-state index in [1.165, 1.54) is 0 Å². The maximum atomic E-state index is 11.6. The van der Waals surface area contributed by atoms with E-state index in [1.54, 1.807) is 19.0 Å². The van der Waals surface area contributed by atoms with Crippen LogP contribution in [0.3, 0.4) is 0 Å². The zero-order valence-electron chi connectivity index (χ0n) is 14.5. The van der Waals surface area contributed by atoms with Gasteiger partial charge in [0.15, 0.2) is 5.96 Å². The molecule has 130 valence electrons. The molecule has 1 rings (SSSR count). The Labute approximate surface area is 156 Å². The fourth-order valence-corrected chi connectivity index (χ4v) is 3.48. The van der Waals surface area contributed by atoms with Crippen molar-refractivity contribution in [2.75, 3.05) is 46.0 Å². The summed E-state index contributed by atoms with van der Waals surface area (Å²) in [5, 5.41) is 4.01. The second kappa shape index (κ2) is 11.4. The van der Waals surface area contributed by atoms with Crippen molar-refractivity contribution in [1.29, 1.82) is 0 Å². The van der Waals surface area contributed by atoms with E-state index in [0.29, 0.717) is 24.1 Å². The van der Waals surface area contributed by atoms with Crippen LogP contribution in [0.4, 0.5) is 0 Å². The van der Waals surface area contributed by atoms with E-state index in [4.69, 9.17) is 0 Å². The summed E-state index contributed by atoms with van der Waals surface area (Å²) in [5.74, 6) is 2.90. The number of nitrogens with one attached hydrogen (secondary N) is 1. The van der Waals surface area contributed by atoms with E-state index >= 15 is 0 Å². The number of hydrogen-bond donors (Lipinski definition) is 1. The van der Waals surface area contributed by atoms with Gasteiger partial charge in [-0.05, 0) is 12.8 Å². The monoisotopic (exact) mass is 442 g/mol. The Morgan fingerprint density at radius 2 is 2.14 bits per heavy atom. The van der Waals surface area contributed by atoms with Gasteiger partial charge in [-0.15, -0.1) is 24.0 Å². The second-order valence-electron chi connectivity index (χ2n) is 5.87. The van der Waals surface area contributed by atoms with Crippen molar-refractivity contribution in [1.82, 2.24) is 15.1 Å².